The minimum absolute atomic E-state index is 0.0254. The van der Waals surface area contributed by atoms with Crippen molar-refractivity contribution < 1.29 is 14.6 Å². The first-order chi connectivity index (χ1) is 14.1. The molecule has 0 unspecified atom stereocenters. The van der Waals surface area contributed by atoms with Crippen LogP contribution in [-0.4, -0.2) is 17.5 Å². The van der Waals surface area contributed by atoms with Crippen LogP contribution in [0.1, 0.15) is 92.6 Å². The minimum atomic E-state index is -0.174. The zero-order chi connectivity index (χ0) is 20.9. The molecular weight excluding hydrogens is 360 g/mol. The number of hydrogen-bond acceptors (Lipinski definition) is 3. The standard InChI is InChI=1S/C26H36O3/c1-3-4-5-6-7-8-9-10-11-15-18-29-25-20-24(27)23(19-21(25)2)26(28)22-16-13-12-14-17-22/h12-14,16-17,19-20,27H,3-11,15,18H2,1-2H3. The predicted molar refractivity (Wildman–Crippen MR) is 120 cm³/mol. The maximum atomic E-state index is 12.6. The van der Waals surface area contributed by atoms with Crippen LogP contribution in [0.2, 0.25) is 0 Å². The maximum Gasteiger partial charge on any atom is 0.196 e. The van der Waals surface area contributed by atoms with Crippen molar-refractivity contribution in [3.63, 3.8) is 0 Å². The third-order valence-corrected chi connectivity index (χ3v) is 5.33. The Morgan fingerprint density at radius 3 is 2.07 bits per heavy atom. The lowest BCUT2D eigenvalue weighted by Gasteiger charge is -2.12. The molecule has 0 radical (unpaired) electrons. The largest absolute Gasteiger partial charge is 0.507 e. The van der Waals surface area contributed by atoms with Crippen LogP contribution < -0.4 is 4.74 Å². The number of hydrogen-bond donors (Lipinski definition) is 1. The highest BCUT2D eigenvalue weighted by Gasteiger charge is 2.16. The fourth-order valence-corrected chi connectivity index (χ4v) is 3.53. The molecular formula is C26H36O3. The summed E-state index contributed by atoms with van der Waals surface area (Å²) >= 11 is 0. The van der Waals surface area contributed by atoms with E-state index in [1.807, 2.05) is 25.1 Å². The van der Waals surface area contributed by atoms with Gasteiger partial charge in [0.15, 0.2) is 5.78 Å². The summed E-state index contributed by atoms with van der Waals surface area (Å²) in [5.41, 5.74) is 1.76. The summed E-state index contributed by atoms with van der Waals surface area (Å²) in [5, 5.41) is 10.3. The number of rotatable bonds is 14. The number of carbonyl (C=O) groups is 1. The van der Waals surface area contributed by atoms with E-state index in [1.54, 1.807) is 24.3 Å². The zero-order valence-electron chi connectivity index (χ0n) is 18.1. The van der Waals surface area contributed by atoms with Gasteiger partial charge >= 0.3 is 0 Å². The normalized spacial score (nSPS) is 10.8. The van der Waals surface area contributed by atoms with E-state index < -0.39 is 0 Å². The molecule has 3 nitrogen and oxygen atoms in total. The van der Waals surface area contributed by atoms with Crippen LogP contribution >= 0.6 is 0 Å². The minimum Gasteiger partial charge on any atom is -0.507 e. The lowest BCUT2D eigenvalue weighted by atomic mass is 10.00. The van der Waals surface area contributed by atoms with Gasteiger partial charge in [-0.1, -0.05) is 95.0 Å². The smallest absolute Gasteiger partial charge is 0.196 e. The van der Waals surface area contributed by atoms with Crippen molar-refractivity contribution in [2.75, 3.05) is 6.61 Å². The molecule has 0 fully saturated rings. The molecule has 29 heavy (non-hydrogen) atoms. The van der Waals surface area contributed by atoms with E-state index in [0.717, 1.165) is 12.0 Å². The van der Waals surface area contributed by atoms with E-state index in [2.05, 4.69) is 6.92 Å². The lowest BCUT2D eigenvalue weighted by molar-refractivity contribution is 0.103. The van der Waals surface area contributed by atoms with Gasteiger partial charge in [0.1, 0.15) is 11.5 Å². The Morgan fingerprint density at radius 2 is 1.45 bits per heavy atom. The molecule has 2 aromatic rings. The summed E-state index contributed by atoms with van der Waals surface area (Å²) in [4.78, 5) is 12.6. The Kier molecular flexibility index (Phi) is 10.3. The lowest BCUT2D eigenvalue weighted by Crippen LogP contribution is -2.04. The fraction of sp³-hybridized carbons (Fsp3) is 0.500. The number of phenolic OH excluding ortho intramolecular Hbond substituents is 1. The van der Waals surface area contributed by atoms with Crippen LogP contribution in [-0.2, 0) is 0 Å². The molecule has 0 atom stereocenters. The van der Waals surface area contributed by atoms with Crippen molar-refractivity contribution in [1.82, 2.24) is 0 Å². The topological polar surface area (TPSA) is 46.5 Å². The molecule has 0 aliphatic carbocycles. The summed E-state index contributed by atoms with van der Waals surface area (Å²) in [7, 11) is 0. The van der Waals surface area contributed by atoms with Gasteiger partial charge in [0.2, 0.25) is 0 Å². The highest BCUT2D eigenvalue weighted by atomic mass is 16.5. The van der Waals surface area contributed by atoms with Gasteiger partial charge in [-0.2, -0.15) is 0 Å². The van der Waals surface area contributed by atoms with E-state index in [1.165, 1.54) is 57.8 Å². The van der Waals surface area contributed by atoms with Gasteiger partial charge in [-0.15, -0.1) is 0 Å². The van der Waals surface area contributed by atoms with Crippen molar-refractivity contribution in [3.8, 4) is 11.5 Å². The van der Waals surface area contributed by atoms with Gasteiger partial charge in [-0.05, 0) is 25.0 Å². The molecule has 0 aliphatic heterocycles. The number of aromatic hydroxyl groups is 1. The molecule has 3 heteroatoms. The van der Waals surface area contributed by atoms with Gasteiger partial charge in [0.05, 0.1) is 12.2 Å². The number of aryl methyl sites for hydroxylation is 1. The number of phenols is 1. The second kappa shape index (κ2) is 13.0. The van der Waals surface area contributed by atoms with Gasteiger partial charge in [-0.3, -0.25) is 4.79 Å². The molecule has 158 valence electrons. The van der Waals surface area contributed by atoms with Crippen LogP contribution in [0.5, 0.6) is 11.5 Å². The van der Waals surface area contributed by atoms with Gasteiger partial charge in [-0.25, -0.2) is 0 Å². The van der Waals surface area contributed by atoms with Gasteiger partial charge < -0.3 is 9.84 Å². The van der Waals surface area contributed by atoms with Gasteiger partial charge in [0.25, 0.3) is 0 Å². The van der Waals surface area contributed by atoms with E-state index in [-0.39, 0.29) is 11.5 Å². The molecule has 0 aliphatic rings. The Labute approximate surface area is 176 Å². The predicted octanol–water partition coefficient (Wildman–Crippen LogP) is 7.23. The highest BCUT2D eigenvalue weighted by Crippen LogP contribution is 2.29. The molecule has 0 bridgehead atoms. The van der Waals surface area contributed by atoms with E-state index in [9.17, 15) is 9.90 Å². The Morgan fingerprint density at radius 1 is 0.862 bits per heavy atom. The SMILES string of the molecule is CCCCCCCCCCCCOc1cc(O)c(C(=O)c2ccccc2)cc1C. The van der Waals surface area contributed by atoms with Crippen LogP contribution in [0.3, 0.4) is 0 Å². The van der Waals surface area contributed by atoms with Crippen LogP contribution in [0.15, 0.2) is 42.5 Å². The molecule has 0 saturated carbocycles. The summed E-state index contributed by atoms with van der Waals surface area (Å²) in [6.45, 7) is 4.81. The summed E-state index contributed by atoms with van der Waals surface area (Å²) in [6, 6.07) is 12.3. The molecule has 2 aromatic carbocycles. The highest BCUT2D eigenvalue weighted by molar-refractivity contribution is 6.10. The number of ether oxygens (including phenoxy) is 1. The molecule has 0 aromatic heterocycles. The average Bonchev–Trinajstić information content (AvgIpc) is 2.74. The first-order valence-corrected chi connectivity index (χ1v) is 11.2. The number of benzene rings is 2. The molecule has 0 heterocycles. The fourth-order valence-electron chi connectivity index (χ4n) is 3.53. The first-order valence-electron chi connectivity index (χ1n) is 11.2. The van der Waals surface area contributed by atoms with E-state index >= 15 is 0 Å². The van der Waals surface area contributed by atoms with Crippen molar-refractivity contribution in [3.05, 3.63) is 59.2 Å². The zero-order valence-corrected chi connectivity index (χ0v) is 18.1. The van der Waals surface area contributed by atoms with Crippen molar-refractivity contribution >= 4 is 5.78 Å². The van der Waals surface area contributed by atoms with Crippen molar-refractivity contribution in [2.45, 2.75) is 78.1 Å². The molecule has 0 spiro atoms. The third kappa shape index (κ3) is 7.92. The van der Waals surface area contributed by atoms with Crippen LogP contribution in [0.25, 0.3) is 0 Å². The average molecular weight is 397 g/mol. The Bertz CT molecular complexity index is 737. The molecule has 0 amide bonds. The Hall–Kier alpha value is -2.29. The second-order valence-corrected chi connectivity index (χ2v) is 7.86. The molecule has 2 rings (SSSR count). The Balaban J connectivity index is 1.71. The second-order valence-electron chi connectivity index (χ2n) is 7.86. The van der Waals surface area contributed by atoms with Crippen molar-refractivity contribution in [1.29, 1.82) is 0 Å². The van der Waals surface area contributed by atoms with Crippen LogP contribution in [0, 0.1) is 6.92 Å². The van der Waals surface area contributed by atoms with E-state index in [0.29, 0.717) is 23.5 Å². The quantitative estimate of drug-likeness (QED) is 0.270. The number of ketones is 1. The summed E-state index contributed by atoms with van der Waals surface area (Å²) in [6.07, 6.45) is 12.9. The monoisotopic (exact) mass is 396 g/mol. The maximum absolute atomic E-state index is 12.6. The van der Waals surface area contributed by atoms with Gasteiger partial charge in [0, 0.05) is 11.6 Å². The van der Waals surface area contributed by atoms with Crippen LogP contribution in [0.4, 0.5) is 0 Å². The molecule has 0 saturated heterocycles. The van der Waals surface area contributed by atoms with E-state index in [4.69, 9.17) is 4.74 Å². The summed E-state index contributed by atoms with van der Waals surface area (Å²) < 4.78 is 5.86. The number of carbonyl (C=O) groups excluding carboxylic acids is 1. The molecule has 1 N–H and O–H groups in total. The summed E-state index contributed by atoms with van der Waals surface area (Å²) in [5.74, 6) is 0.456. The van der Waals surface area contributed by atoms with Crippen molar-refractivity contribution in [2.24, 2.45) is 0 Å². The third-order valence-electron chi connectivity index (χ3n) is 5.33. The first kappa shape index (κ1) is 23.0. The number of unbranched alkanes of at least 4 members (excludes halogenated alkanes) is 9.